The number of nitrogens with zero attached hydrogens (tertiary/aromatic N) is 4. The van der Waals surface area contributed by atoms with Crippen molar-refractivity contribution >= 4 is 11.4 Å². The van der Waals surface area contributed by atoms with Gasteiger partial charge in [0.15, 0.2) is 0 Å². The van der Waals surface area contributed by atoms with E-state index in [1.165, 1.54) is 12.1 Å². The SMILES string of the molecule is CC(C)CN(Cc1ccccc1)c1ccc(-c2ccccc2-c2nn[nH]n2)cc1NC(O)Cc1ccccc1C(F)(F)F. The summed E-state index contributed by atoms with van der Waals surface area (Å²) >= 11 is 0. The zero-order valence-electron chi connectivity index (χ0n) is 23.9. The number of tetrazole rings is 1. The summed E-state index contributed by atoms with van der Waals surface area (Å²) in [6.45, 7) is 5.59. The molecule has 0 aliphatic heterocycles. The van der Waals surface area contributed by atoms with Crippen molar-refractivity contribution in [3.8, 4) is 22.5 Å². The van der Waals surface area contributed by atoms with E-state index < -0.39 is 18.0 Å². The number of alkyl halides is 3. The largest absolute Gasteiger partial charge is 0.416 e. The number of nitrogens with one attached hydrogen (secondary N) is 2. The first-order valence-electron chi connectivity index (χ1n) is 14.0. The number of benzene rings is 4. The van der Waals surface area contributed by atoms with Crippen molar-refractivity contribution in [1.29, 1.82) is 0 Å². The van der Waals surface area contributed by atoms with Gasteiger partial charge >= 0.3 is 6.18 Å². The zero-order chi connectivity index (χ0) is 30.4. The lowest BCUT2D eigenvalue weighted by atomic mass is 9.97. The first-order valence-corrected chi connectivity index (χ1v) is 14.0. The van der Waals surface area contributed by atoms with Gasteiger partial charge in [0.1, 0.15) is 6.23 Å². The predicted octanol–water partition coefficient (Wildman–Crippen LogP) is 7.19. The molecule has 0 radical (unpaired) electrons. The summed E-state index contributed by atoms with van der Waals surface area (Å²) < 4.78 is 41.1. The van der Waals surface area contributed by atoms with Gasteiger partial charge in [0.25, 0.3) is 0 Å². The van der Waals surface area contributed by atoms with Crippen molar-refractivity contribution in [3.63, 3.8) is 0 Å². The van der Waals surface area contributed by atoms with Gasteiger partial charge in [-0.1, -0.05) is 92.7 Å². The smallest absolute Gasteiger partial charge is 0.373 e. The lowest BCUT2D eigenvalue weighted by molar-refractivity contribution is -0.138. The van der Waals surface area contributed by atoms with Gasteiger partial charge in [-0.3, -0.25) is 0 Å². The third-order valence-corrected chi connectivity index (χ3v) is 7.02. The molecular formula is C33H33F3N6O. The van der Waals surface area contributed by atoms with Gasteiger partial charge in [0.2, 0.25) is 5.82 Å². The molecule has 0 aliphatic rings. The molecule has 5 aromatic rings. The molecule has 10 heteroatoms. The molecule has 4 aromatic carbocycles. The number of aliphatic hydroxyl groups excluding tert-OH is 1. The van der Waals surface area contributed by atoms with E-state index in [9.17, 15) is 18.3 Å². The van der Waals surface area contributed by atoms with E-state index in [0.717, 1.165) is 40.6 Å². The molecule has 43 heavy (non-hydrogen) atoms. The van der Waals surface area contributed by atoms with E-state index in [2.05, 4.69) is 56.8 Å². The maximum Gasteiger partial charge on any atom is 0.416 e. The van der Waals surface area contributed by atoms with Crippen molar-refractivity contribution in [2.24, 2.45) is 5.92 Å². The van der Waals surface area contributed by atoms with Crippen molar-refractivity contribution in [3.05, 3.63) is 114 Å². The van der Waals surface area contributed by atoms with Crippen LogP contribution in [0.15, 0.2) is 97.1 Å². The molecule has 0 saturated carbocycles. The molecule has 1 atom stereocenters. The number of rotatable bonds is 11. The highest BCUT2D eigenvalue weighted by atomic mass is 19.4. The standard InChI is InChI=1S/C33H33F3N6O/c1-22(2)20-42(21-23-10-4-3-5-11-23)30-17-16-24(26-13-7-8-14-27(26)32-38-40-41-39-32)18-29(30)37-31(43)19-25-12-6-9-15-28(25)33(34,35)36/h3-18,22,31,37,43H,19-21H2,1-2H3,(H,38,39,40,41). The lowest BCUT2D eigenvalue weighted by Gasteiger charge is -2.30. The van der Waals surface area contributed by atoms with Crippen LogP contribution in [0.3, 0.4) is 0 Å². The second kappa shape index (κ2) is 13.1. The maximum atomic E-state index is 13.7. The number of H-pyrrole nitrogens is 1. The van der Waals surface area contributed by atoms with E-state index in [1.54, 1.807) is 6.07 Å². The number of hydrogen-bond donors (Lipinski definition) is 3. The fourth-order valence-electron chi connectivity index (χ4n) is 5.21. The fourth-order valence-corrected chi connectivity index (χ4v) is 5.21. The molecule has 7 nitrogen and oxygen atoms in total. The predicted molar refractivity (Wildman–Crippen MR) is 162 cm³/mol. The molecule has 1 heterocycles. The summed E-state index contributed by atoms with van der Waals surface area (Å²) in [5.74, 6) is 0.752. The number of halogens is 3. The first-order chi connectivity index (χ1) is 20.7. The van der Waals surface area contributed by atoms with Gasteiger partial charge in [-0.05, 0) is 51.6 Å². The Hall–Kier alpha value is -4.70. The van der Waals surface area contributed by atoms with Crippen LogP contribution in [0.4, 0.5) is 24.5 Å². The summed E-state index contributed by atoms with van der Waals surface area (Å²) in [6.07, 6.45) is -6.05. The third kappa shape index (κ3) is 7.39. The number of aliphatic hydroxyl groups is 1. The second-order valence-electron chi connectivity index (χ2n) is 10.8. The zero-order valence-corrected chi connectivity index (χ0v) is 23.9. The van der Waals surface area contributed by atoms with Crippen LogP contribution >= 0.6 is 0 Å². The number of aromatic nitrogens is 4. The highest BCUT2D eigenvalue weighted by molar-refractivity contribution is 5.85. The van der Waals surface area contributed by atoms with E-state index in [-0.39, 0.29) is 12.0 Å². The Morgan fingerprint density at radius 2 is 1.58 bits per heavy atom. The van der Waals surface area contributed by atoms with E-state index in [4.69, 9.17) is 0 Å². The maximum absolute atomic E-state index is 13.7. The molecule has 0 aliphatic carbocycles. The third-order valence-electron chi connectivity index (χ3n) is 7.02. The number of aromatic amines is 1. The number of anilines is 2. The monoisotopic (exact) mass is 586 g/mol. The second-order valence-corrected chi connectivity index (χ2v) is 10.8. The van der Waals surface area contributed by atoms with Gasteiger partial charge < -0.3 is 15.3 Å². The van der Waals surface area contributed by atoms with Gasteiger partial charge in [-0.15, -0.1) is 10.2 Å². The van der Waals surface area contributed by atoms with Crippen LogP contribution in [0, 0.1) is 5.92 Å². The molecule has 0 saturated heterocycles. The van der Waals surface area contributed by atoms with Crippen LogP contribution in [0.5, 0.6) is 0 Å². The highest BCUT2D eigenvalue weighted by Crippen LogP contribution is 2.37. The molecule has 5 rings (SSSR count). The summed E-state index contributed by atoms with van der Waals surface area (Å²) in [5.41, 5.74) is 4.20. The van der Waals surface area contributed by atoms with E-state index >= 15 is 0 Å². The van der Waals surface area contributed by atoms with Gasteiger partial charge in [-0.2, -0.15) is 18.4 Å². The van der Waals surface area contributed by atoms with Gasteiger partial charge in [0, 0.05) is 25.1 Å². The van der Waals surface area contributed by atoms with E-state index in [0.29, 0.717) is 24.0 Å². The van der Waals surface area contributed by atoms with Crippen LogP contribution in [-0.2, 0) is 19.1 Å². The summed E-state index contributed by atoms with van der Waals surface area (Å²) in [7, 11) is 0. The summed E-state index contributed by atoms with van der Waals surface area (Å²) in [5, 5.41) is 28.8. The average molecular weight is 587 g/mol. The average Bonchev–Trinajstić information content (AvgIpc) is 3.52. The van der Waals surface area contributed by atoms with Crippen LogP contribution in [0.25, 0.3) is 22.5 Å². The Kier molecular flexibility index (Phi) is 9.06. The Morgan fingerprint density at radius 3 is 2.28 bits per heavy atom. The lowest BCUT2D eigenvalue weighted by Crippen LogP contribution is -2.30. The molecule has 3 N–H and O–H groups in total. The van der Waals surface area contributed by atoms with Gasteiger partial charge in [0.05, 0.1) is 16.9 Å². The molecule has 0 fully saturated rings. The van der Waals surface area contributed by atoms with Crippen molar-refractivity contribution in [2.75, 3.05) is 16.8 Å². The molecule has 1 aromatic heterocycles. The molecule has 0 amide bonds. The number of hydrogen-bond acceptors (Lipinski definition) is 6. The molecule has 0 spiro atoms. The van der Waals surface area contributed by atoms with Crippen LogP contribution < -0.4 is 10.2 Å². The molecular weight excluding hydrogens is 553 g/mol. The normalized spacial score (nSPS) is 12.3. The van der Waals surface area contributed by atoms with Crippen molar-refractivity contribution < 1.29 is 18.3 Å². The van der Waals surface area contributed by atoms with Crippen molar-refractivity contribution in [1.82, 2.24) is 20.6 Å². The van der Waals surface area contributed by atoms with Crippen LogP contribution in [-0.4, -0.2) is 38.5 Å². The van der Waals surface area contributed by atoms with Crippen LogP contribution in [0.1, 0.15) is 30.5 Å². The van der Waals surface area contributed by atoms with E-state index in [1.807, 2.05) is 60.7 Å². The molecule has 1 unspecified atom stereocenters. The first kappa shape index (κ1) is 29.8. The minimum atomic E-state index is -4.52. The molecule has 222 valence electrons. The fraction of sp³-hybridized carbons (Fsp3) is 0.242. The Balaban J connectivity index is 1.56. The summed E-state index contributed by atoms with van der Waals surface area (Å²) in [6, 6.07) is 28.9. The van der Waals surface area contributed by atoms with Crippen LogP contribution in [0.2, 0.25) is 0 Å². The topological polar surface area (TPSA) is 90.0 Å². The van der Waals surface area contributed by atoms with Crippen molar-refractivity contribution in [2.45, 2.75) is 39.2 Å². The van der Waals surface area contributed by atoms with Gasteiger partial charge in [-0.25, -0.2) is 0 Å². The summed E-state index contributed by atoms with van der Waals surface area (Å²) in [4.78, 5) is 2.22. The highest BCUT2D eigenvalue weighted by Gasteiger charge is 2.33. The minimum Gasteiger partial charge on any atom is -0.373 e. The Labute approximate surface area is 248 Å². The Bertz CT molecular complexity index is 1620. The Morgan fingerprint density at radius 1 is 0.884 bits per heavy atom. The molecule has 0 bridgehead atoms. The quantitative estimate of drug-likeness (QED) is 0.142. The minimum absolute atomic E-state index is 0.0125.